The molecule has 0 atom stereocenters. The van der Waals surface area contributed by atoms with E-state index in [4.69, 9.17) is 19.6 Å². The normalized spacial score (nSPS) is 11.0. The predicted molar refractivity (Wildman–Crippen MR) is 151 cm³/mol. The van der Waals surface area contributed by atoms with Gasteiger partial charge in [0.2, 0.25) is 0 Å². The first-order valence-electron chi connectivity index (χ1n) is 12.8. The fraction of sp³-hybridized carbons (Fsp3) is 0.182. The smallest absolute Gasteiger partial charge is 0.310 e. The van der Waals surface area contributed by atoms with Gasteiger partial charge in [-0.25, -0.2) is 0 Å². The standard InChI is InChI=1S/C33H31NO4/c1-3-36-32(35)18-26-10-4-5-13-31(26)37-20-28-21-38-33-29(25-12-6-8-22(2)14-25)16-27(17-30(28)33)24-11-7-9-23(15-24)19-34/h4-17,21H,3,18-20,34H2,1-2H3. The molecule has 1 aromatic heterocycles. The van der Waals surface area contributed by atoms with Crippen LogP contribution < -0.4 is 10.5 Å². The summed E-state index contributed by atoms with van der Waals surface area (Å²) >= 11 is 0. The molecule has 1 heterocycles. The first-order valence-corrected chi connectivity index (χ1v) is 12.8. The zero-order valence-electron chi connectivity index (χ0n) is 21.7. The molecule has 0 saturated carbocycles. The third-order valence-electron chi connectivity index (χ3n) is 6.57. The molecule has 0 unspecified atom stereocenters. The quantitative estimate of drug-likeness (QED) is 0.214. The Balaban J connectivity index is 1.55. The average Bonchev–Trinajstić information content (AvgIpc) is 3.35. The fourth-order valence-corrected chi connectivity index (χ4v) is 4.68. The maximum Gasteiger partial charge on any atom is 0.310 e. The highest BCUT2D eigenvalue weighted by atomic mass is 16.5. The van der Waals surface area contributed by atoms with Gasteiger partial charge in [-0.05, 0) is 60.4 Å². The van der Waals surface area contributed by atoms with Crippen LogP contribution in [-0.4, -0.2) is 12.6 Å². The molecule has 0 aliphatic rings. The van der Waals surface area contributed by atoms with E-state index in [1.54, 1.807) is 13.2 Å². The summed E-state index contributed by atoms with van der Waals surface area (Å²) in [6.07, 6.45) is 1.92. The Morgan fingerprint density at radius 2 is 1.68 bits per heavy atom. The first kappa shape index (κ1) is 25.3. The summed E-state index contributed by atoms with van der Waals surface area (Å²) in [5, 5.41) is 0.986. The molecule has 0 radical (unpaired) electrons. The number of aryl methyl sites for hydroxylation is 1. The Morgan fingerprint density at radius 3 is 2.50 bits per heavy atom. The van der Waals surface area contributed by atoms with E-state index >= 15 is 0 Å². The average molecular weight is 506 g/mol. The van der Waals surface area contributed by atoms with Crippen molar-refractivity contribution in [3.05, 3.63) is 113 Å². The summed E-state index contributed by atoms with van der Waals surface area (Å²) in [6.45, 7) is 5.02. The number of carbonyl (C=O) groups is 1. The van der Waals surface area contributed by atoms with Crippen LogP contribution in [0.4, 0.5) is 0 Å². The Bertz CT molecular complexity index is 1580. The second-order valence-corrected chi connectivity index (χ2v) is 9.31. The van der Waals surface area contributed by atoms with Crippen LogP contribution in [-0.2, 0) is 29.1 Å². The number of hydrogen-bond acceptors (Lipinski definition) is 5. The van der Waals surface area contributed by atoms with Crippen LogP contribution in [0.5, 0.6) is 5.75 Å². The molecule has 0 amide bonds. The molecule has 0 fully saturated rings. The van der Waals surface area contributed by atoms with Crippen molar-refractivity contribution >= 4 is 16.9 Å². The molecule has 5 heteroatoms. The zero-order chi connectivity index (χ0) is 26.5. The number of hydrogen-bond donors (Lipinski definition) is 1. The Morgan fingerprint density at radius 1 is 0.868 bits per heavy atom. The van der Waals surface area contributed by atoms with Gasteiger partial charge in [-0.2, -0.15) is 0 Å². The van der Waals surface area contributed by atoms with Crippen molar-refractivity contribution in [1.29, 1.82) is 0 Å². The lowest BCUT2D eigenvalue weighted by Crippen LogP contribution is -2.09. The van der Waals surface area contributed by atoms with Gasteiger partial charge >= 0.3 is 5.97 Å². The molecular formula is C33H31NO4. The predicted octanol–water partition coefficient (Wildman–Crippen LogP) is 7.22. The van der Waals surface area contributed by atoms with E-state index < -0.39 is 0 Å². The van der Waals surface area contributed by atoms with Gasteiger partial charge in [-0.15, -0.1) is 0 Å². The van der Waals surface area contributed by atoms with Gasteiger partial charge in [-0.1, -0.05) is 66.2 Å². The summed E-state index contributed by atoms with van der Waals surface area (Å²) in [4.78, 5) is 12.1. The number of benzene rings is 4. The van der Waals surface area contributed by atoms with Gasteiger partial charge in [0.15, 0.2) is 0 Å². The molecule has 5 aromatic rings. The van der Waals surface area contributed by atoms with Crippen LogP contribution >= 0.6 is 0 Å². The van der Waals surface area contributed by atoms with Gasteiger partial charge in [-0.3, -0.25) is 4.79 Å². The van der Waals surface area contributed by atoms with Gasteiger partial charge in [0.05, 0.1) is 19.3 Å². The molecule has 0 bridgehead atoms. The van der Waals surface area contributed by atoms with E-state index in [9.17, 15) is 4.79 Å². The SMILES string of the molecule is CCOC(=O)Cc1ccccc1OCc1coc2c(-c3cccc(C)c3)cc(-c3cccc(CN)c3)cc12. The molecular weight excluding hydrogens is 474 g/mol. The Labute approximate surface area is 222 Å². The van der Waals surface area contributed by atoms with E-state index in [0.717, 1.165) is 49.9 Å². The summed E-state index contributed by atoms with van der Waals surface area (Å²) in [5.41, 5.74) is 15.0. The largest absolute Gasteiger partial charge is 0.488 e. The zero-order valence-corrected chi connectivity index (χ0v) is 21.7. The van der Waals surface area contributed by atoms with Crippen molar-refractivity contribution in [2.45, 2.75) is 33.4 Å². The summed E-state index contributed by atoms with van der Waals surface area (Å²) in [6, 6.07) is 28.6. The van der Waals surface area contributed by atoms with Crippen molar-refractivity contribution in [3.8, 4) is 28.0 Å². The van der Waals surface area contributed by atoms with Gasteiger partial charge in [0, 0.05) is 28.6 Å². The Hall–Kier alpha value is -4.35. The molecule has 2 N–H and O–H groups in total. The van der Waals surface area contributed by atoms with Crippen LogP contribution in [0.15, 0.2) is 95.6 Å². The van der Waals surface area contributed by atoms with E-state index in [0.29, 0.717) is 25.5 Å². The molecule has 0 spiro atoms. The monoisotopic (exact) mass is 505 g/mol. The van der Waals surface area contributed by atoms with Crippen LogP contribution in [0.3, 0.4) is 0 Å². The van der Waals surface area contributed by atoms with Crippen molar-refractivity contribution in [3.63, 3.8) is 0 Å². The minimum Gasteiger partial charge on any atom is -0.488 e. The van der Waals surface area contributed by atoms with Crippen LogP contribution in [0.1, 0.15) is 29.2 Å². The first-order chi connectivity index (χ1) is 18.6. The number of ether oxygens (including phenoxy) is 2. The second kappa shape index (κ2) is 11.4. The minimum atomic E-state index is -0.274. The summed E-state index contributed by atoms with van der Waals surface area (Å²) < 4.78 is 17.5. The lowest BCUT2D eigenvalue weighted by atomic mass is 9.94. The van der Waals surface area contributed by atoms with Crippen molar-refractivity contribution in [2.75, 3.05) is 6.61 Å². The number of furan rings is 1. The molecule has 4 aromatic carbocycles. The highest BCUT2D eigenvalue weighted by Crippen LogP contribution is 2.37. The number of rotatable bonds is 9. The van der Waals surface area contributed by atoms with E-state index in [1.807, 2.05) is 36.4 Å². The van der Waals surface area contributed by atoms with Gasteiger partial charge < -0.3 is 19.6 Å². The van der Waals surface area contributed by atoms with Gasteiger partial charge in [0.25, 0.3) is 0 Å². The lowest BCUT2D eigenvalue weighted by Gasteiger charge is -2.12. The molecule has 192 valence electrons. The maximum atomic E-state index is 12.1. The van der Waals surface area contributed by atoms with E-state index in [2.05, 4.69) is 55.5 Å². The van der Waals surface area contributed by atoms with Crippen molar-refractivity contribution in [2.24, 2.45) is 5.73 Å². The topological polar surface area (TPSA) is 74.7 Å². The molecule has 0 saturated heterocycles. The van der Waals surface area contributed by atoms with Crippen LogP contribution in [0.25, 0.3) is 33.2 Å². The number of esters is 1. The third-order valence-corrected chi connectivity index (χ3v) is 6.57. The second-order valence-electron chi connectivity index (χ2n) is 9.31. The summed E-state index contributed by atoms with van der Waals surface area (Å²) in [5.74, 6) is 0.380. The van der Waals surface area contributed by atoms with E-state index in [-0.39, 0.29) is 12.4 Å². The molecule has 5 rings (SSSR count). The highest BCUT2D eigenvalue weighted by Gasteiger charge is 2.17. The molecule has 0 aliphatic heterocycles. The van der Waals surface area contributed by atoms with E-state index in [1.165, 1.54) is 5.56 Å². The number of carbonyl (C=O) groups excluding carboxylic acids is 1. The Kier molecular flexibility index (Phi) is 7.57. The maximum absolute atomic E-state index is 12.1. The van der Waals surface area contributed by atoms with Gasteiger partial charge in [0.1, 0.15) is 17.9 Å². The molecule has 38 heavy (non-hydrogen) atoms. The highest BCUT2D eigenvalue weighted by molar-refractivity contribution is 5.98. The number of nitrogens with two attached hydrogens (primary N) is 1. The summed E-state index contributed by atoms with van der Waals surface area (Å²) in [7, 11) is 0. The third kappa shape index (κ3) is 5.48. The van der Waals surface area contributed by atoms with Crippen LogP contribution in [0, 0.1) is 6.92 Å². The van der Waals surface area contributed by atoms with Crippen molar-refractivity contribution < 1.29 is 18.7 Å². The fourth-order valence-electron chi connectivity index (χ4n) is 4.68. The number of fused-ring (bicyclic) bond motifs is 1. The minimum absolute atomic E-state index is 0.162. The molecule has 0 aliphatic carbocycles. The molecule has 5 nitrogen and oxygen atoms in total. The number of para-hydroxylation sites is 1. The van der Waals surface area contributed by atoms with Crippen LogP contribution in [0.2, 0.25) is 0 Å². The lowest BCUT2D eigenvalue weighted by molar-refractivity contribution is -0.142. The van der Waals surface area contributed by atoms with Crippen molar-refractivity contribution in [1.82, 2.24) is 0 Å².